The molecule has 2 N–H and O–H groups in total. The lowest BCUT2D eigenvalue weighted by Gasteiger charge is -2.46. The fourth-order valence-electron chi connectivity index (χ4n) is 3.88. The van der Waals surface area contributed by atoms with Crippen LogP contribution in [-0.2, 0) is 0 Å². The molecule has 0 aromatic heterocycles. The molecule has 4 heteroatoms. The Kier molecular flexibility index (Phi) is 6.75. The average molecular weight is 283 g/mol. The summed E-state index contributed by atoms with van der Waals surface area (Å²) < 4.78 is 0. The second-order valence-corrected chi connectivity index (χ2v) is 6.66. The van der Waals surface area contributed by atoms with Gasteiger partial charge < -0.3 is 20.2 Å². The maximum atomic E-state index is 9.42. The van der Waals surface area contributed by atoms with Crippen molar-refractivity contribution in [2.45, 2.75) is 51.1 Å². The average Bonchev–Trinajstić information content (AvgIpc) is 2.47. The highest BCUT2D eigenvalue weighted by molar-refractivity contribution is 4.89. The highest BCUT2D eigenvalue weighted by atomic mass is 16.3. The van der Waals surface area contributed by atoms with Gasteiger partial charge in [0.05, 0.1) is 6.61 Å². The Bertz CT molecular complexity index is 274. The maximum Gasteiger partial charge on any atom is 0.0585 e. The minimum Gasteiger partial charge on any atom is -0.395 e. The predicted octanol–water partition coefficient (Wildman–Crippen LogP) is 1.15. The van der Waals surface area contributed by atoms with Crippen LogP contribution < -0.4 is 5.32 Å². The molecule has 0 aliphatic carbocycles. The first-order valence-electron chi connectivity index (χ1n) is 8.51. The van der Waals surface area contributed by atoms with Crippen molar-refractivity contribution in [3.8, 4) is 0 Å². The molecular formula is C16H33N3O. The first kappa shape index (κ1) is 16.2. The van der Waals surface area contributed by atoms with E-state index in [0.717, 1.165) is 37.9 Å². The predicted molar refractivity (Wildman–Crippen MR) is 84.0 cm³/mol. The van der Waals surface area contributed by atoms with E-state index in [1.807, 2.05) is 0 Å². The second kappa shape index (κ2) is 8.32. The van der Waals surface area contributed by atoms with E-state index in [1.54, 1.807) is 0 Å². The van der Waals surface area contributed by atoms with E-state index >= 15 is 0 Å². The molecule has 0 aromatic rings. The van der Waals surface area contributed by atoms with Crippen molar-refractivity contribution < 1.29 is 5.11 Å². The number of aliphatic hydroxyl groups is 1. The smallest absolute Gasteiger partial charge is 0.0585 e. The molecule has 0 saturated carbocycles. The molecule has 0 amide bonds. The Morgan fingerprint density at radius 2 is 2.15 bits per heavy atom. The summed E-state index contributed by atoms with van der Waals surface area (Å²) >= 11 is 0. The molecule has 0 radical (unpaired) electrons. The molecule has 2 aliphatic heterocycles. The van der Waals surface area contributed by atoms with Gasteiger partial charge in [0.2, 0.25) is 0 Å². The first-order valence-corrected chi connectivity index (χ1v) is 8.51. The van der Waals surface area contributed by atoms with E-state index < -0.39 is 0 Å². The molecule has 3 unspecified atom stereocenters. The van der Waals surface area contributed by atoms with Gasteiger partial charge in [-0.1, -0.05) is 6.92 Å². The summed E-state index contributed by atoms with van der Waals surface area (Å²) in [7, 11) is 2.29. The van der Waals surface area contributed by atoms with E-state index in [-0.39, 0.29) is 12.6 Å². The molecule has 2 rings (SSSR count). The number of hydrogen-bond acceptors (Lipinski definition) is 4. The zero-order valence-electron chi connectivity index (χ0n) is 13.4. The standard InChI is InChI=1S/C16H33N3O/c1-3-8-17-15(13-20)6-10-19-11-7-16-14(12-19)5-4-9-18(16)2/h14-17,20H,3-13H2,1-2H3. The fourth-order valence-corrected chi connectivity index (χ4v) is 3.88. The van der Waals surface area contributed by atoms with Crippen LogP contribution in [0.4, 0.5) is 0 Å². The van der Waals surface area contributed by atoms with E-state index in [9.17, 15) is 5.11 Å². The van der Waals surface area contributed by atoms with E-state index in [2.05, 4.69) is 29.1 Å². The van der Waals surface area contributed by atoms with Crippen molar-refractivity contribution in [1.82, 2.24) is 15.1 Å². The minimum atomic E-state index is 0.266. The molecule has 0 spiro atoms. The van der Waals surface area contributed by atoms with E-state index in [4.69, 9.17) is 0 Å². The summed E-state index contributed by atoms with van der Waals surface area (Å²) in [5.41, 5.74) is 0. The highest BCUT2D eigenvalue weighted by Gasteiger charge is 2.33. The zero-order valence-corrected chi connectivity index (χ0v) is 13.4. The van der Waals surface area contributed by atoms with Crippen LogP contribution in [0.3, 0.4) is 0 Å². The van der Waals surface area contributed by atoms with Crippen LogP contribution in [0.25, 0.3) is 0 Å². The number of nitrogens with one attached hydrogen (secondary N) is 1. The Hall–Kier alpha value is -0.160. The monoisotopic (exact) mass is 283 g/mol. The molecule has 2 fully saturated rings. The van der Waals surface area contributed by atoms with Gasteiger partial charge in [-0.05, 0) is 71.2 Å². The van der Waals surface area contributed by atoms with Gasteiger partial charge in [0, 0.05) is 18.6 Å². The molecule has 0 aromatic carbocycles. The third kappa shape index (κ3) is 4.42. The first-order chi connectivity index (χ1) is 9.74. The summed E-state index contributed by atoms with van der Waals surface area (Å²) in [6.45, 7) is 8.37. The van der Waals surface area contributed by atoms with Crippen molar-refractivity contribution in [2.24, 2.45) is 5.92 Å². The molecule has 2 heterocycles. The van der Waals surface area contributed by atoms with Crippen LogP contribution in [0.1, 0.15) is 39.0 Å². The topological polar surface area (TPSA) is 38.7 Å². The summed E-state index contributed by atoms with van der Waals surface area (Å²) in [6.07, 6.45) is 6.30. The van der Waals surface area contributed by atoms with Crippen molar-refractivity contribution in [3.63, 3.8) is 0 Å². The van der Waals surface area contributed by atoms with Crippen LogP contribution in [-0.4, -0.2) is 73.4 Å². The number of aliphatic hydroxyl groups excluding tert-OH is 1. The summed E-state index contributed by atoms with van der Waals surface area (Å²) in [5, 5.41) is 12.9. The Morgan fingerprint density at radius 1 is 1.30 bits per heavy atom. The molecule has 20 heavy (non-hydrogen) atoms. The van der Waals surface area contributed by atoms with Crippen molar-refractivity contribution in [3.05, 3.63) is 0 Å². The Balaban J connectivity index is 1.72. The van der Waals surface area contributed by atoms with Crippen LogP contribution in [0.5, 0.6) is 0 Å². The van der Waals surface area contributed by atoms with Crippen LogP contribution in [0.2, 0.25) is 0 Å². The number of nitrogens with zero attached hydrogens (tertiary/aromatic N) is 2. The zero-order chi connectivity index (χ0) is 14.4. The van der Waals surface area contributed by atoms with Gasteiger partial charge in [-0.25, -0.2) is 0 Å². The van der Waals surface area contributed by atoms with Crippen LogP contribution >= 0.6 is 0 Å². The normalized spacial score (nSPS) is 30.1. The minimum absolute atomic E-state index is 0.266. The van der Waals surface area contributed by atoms with Gasteiger partial charge in [-0.3, -0.25) is 0 Å². The van der Waals surface area contributed by atoms with Gasteiger partial charge in [-0.2, -0.15) is 0 Å². The third-order valence-electron chi connectivity index (χ3n) is 5.13. The second-order valence-electron chi connectivity index (χ2n) is 6.66. The SMILES string of the molecule is CCCNC(CO)CCN1CCC2C(CCCN2C)C1. The lowest BCUT2D eigenvalue weighted by molar-refractivity contribution is 0.0363. The largest absolute Gasteiger partial charge is 0.395 e. The van der Waals surface area contributed by atoms with Crippen LogP contribution in [0, 0.1) is 5.92 Å². The van der Waals surface area contributed by atoms with Crippen LogP contribution in [0.15, 0.2) is 0 Å². The van der Waals surface area contributed by atoms with Gasteiger partial charge in [0.1, 0.15) is 0 Å². The number of piperidine rings is 2. The molecule has 118 valence electrons. The molecule has 2 saturated heterocycles. The van der Waals surface area contributed by atoms with Crippen molar-refractivity contribution >= 4 is 0 Å². The summed E-state index contributed by atoms with van der Waals surface area (Å²) in [6, 6.07) is 1.11. The maximum absolute atomic E-state index is 9.42. The highest BCUT2D eigenvalue weighted by Crippen LogP contribution is 2.29. The fraction of sp³-hybridized carbons (Fsp3) is 1.00. The van der Waals surface area contributed by atoms with Crippen molar-refractivity contribution in [2.75, 3.05) is 46.4 Å². The third-order valence-corrected chi connectivity index (χ3v) is 5.13. The summed E-state index contributed by atoms with van der Waals surface area (Å²) in [5.74, 6) is 0.874. The quantitative estimate of drug-likeness (QED) is 0.735. The van der Waals surface area contributed by atoms with Gasteiger partial charge in [-0.15, -0.1) is 0 Å². The lowest BCUT2D eigenvalue weighted by atomic mass is 9.84. The number of fused-ring (bicyclic) bond motifs is 1. The number of hydrogen-bond donors (Lipinski definition) is 2. The van der Waals surface area contributed by atoms with E-state index in [1.165, 1.54) is 38.9 Å². The molecule has 3 atom stereocenters. The van der Waals surface area contributed by atoms with E-state index in [0.29, 0.717) is 0 Å². The van der Waals surface area contributed by atoms with Gasteiger partial charge in [0.15, 0.2) is 0 Å². The molecule has 2 aliphatic rings. The molecular weight excluding hydrogens is 250 g/mol. The Morgan fingerprint density at radius 3 is 2.90 bits per heavy atom. The Labute approximate surface area is 124 Å². The lowest BCUT2D eigenvalue weighted by Crippen LogP contribution is -2.53. The van der Waals surface area contributed by atoms with Gasteiger partial charge in [0.25, 0.3) is 0 Å². The molecule has 0 bridgehead atoms. The van der Waals surface area contributed by atoms with Gasteiger partial charge >= 0.3 is 0 Å². The summed E-state index contributed by atoms with van der Waals surface area (Å²) in [4.78, 5) is 5.20. The van der Waals surface area contributed by atoms with Crippen molar-refractivity contribution in [1.29, 1.82) is 0 Å². The number of rotatable bonds is 7. The number of likely N-dealkylation sites (tertiary alicyclic amines) is 2. The molecule has 4 nitrogen and oxygen atoms in total.